The van der Waals surface area contributed by atoms with Crippen molar-refractivity contribution in [3.8, 4) is 0 Å². The van der Waals surface area contributed by atoms with Crippen molar-refractivity contribution < 1.29 is 14.6 Å². The van der Waals surface area contributed by atoms with Crippen molar-refractivity contribution in [2.45, 2.75) is 64.9 Å². The van der Waals surface area contributed by atoms with Gasteiger partial charge >= 0.3 is 5.97 Å². The smallest absolute Gasteiger partial charge is 0.333 e. The average molecular weight is 330 g/mol. The first-order valence-electron chi connectivity index (χ1n) is 9.56. The van der Waals surface area contributed by atoms with Crippen molar-refractivity contribution in [3.05, 3.63) is 23.3 Å². The molecule has 0 spiro atoms. The van der Waals surface area contributed by atoms with E-state index in [-0.39, 0.29) is 22.9 Å². The summed E-state index contributed by atoms with van der Waals surface area (Å²) in [6.45, 7) is 4.73. The maximum Gasteiger partial charge on any atom is 0.333 e. The third-order valence-corrected chi connectivity index (χ3v) is 8.06. The highest BCUT2D eigenvalue weighted by molar-refractivity contribution is 5.90. The van der Waals surface area contributed by atoms with Crippen LogP contribution in [0.25, 0.3) is 0 Å². The molecule has 132 valence electrons. The molecular weight excluding hydrogens is 300 g/mol. The lowest BCUT2D eigenvalue weighted by atomic mass is 9.47. The third kappa shape index (κ3) is 2.09. The number of fused-ring (bicyclic) bond motifs is 5. The molecule has 2 fully saturated rings. The van der Waals surface area contributed by atoms with Crippen LogP contribution in [0.15, 0.2) is 23.3 Å². The zero-order valence-electron chi connectivity index (χ0n) is 15.2. The van der Waals surface area contributed by atoms with E-state index in [0.717, 1.165) is 44.1 Å². The number of hydrogen-bond acceptors (Lipinski definition) is 3. The first-order valence-corrected chi connectivity index (χ1v) is 9.56. The standard InChI is InChI=1S/C21H30O3/c1-20-10-8-14(22)12-13(20)4-5-15-16-6-7-18(19(23)24-3)21(16,2)11-9-17(15)20/h4,7,14-17,22H,5-6,8-12H2,1-3H3/t14-,15-,16-,17-,20-,21+/m0/s1. The average Bonchev–Trinajstić information content (AvgIpc) is 2.92. The normalized spacial score (nSPS) is 47.0. The van der Waals surface area contributed by atoms with E-state index >= 15 is 0 Å². The van der Waals surface area contributed by atoms with Gasteiger partial charge < -0.3 is 9.84 Å². The van der Waals surface area contributed by atoms with Gasteiger partial charge in [0.15, 0.2) is 0 Å². The van der Waals surface area contributed by atoms with Gasteiger partial charge in [-0.05, 0) is 68.1 Å². The second-order valence-corrected chi connectivity index (χ2v) is 8.96. The summed E-state index contributed by atoms with van der Waals surface area (Å²) in [5.41, 5.74) is 2.68. The largest absolute Gasteiger partial charge is 0.466 e. The van der Waals surface area contributed by atoms with E-state index in [1.807, 2.05) is 0 Å². The van der Waals surface area contributed by atoms with Gasteiger partial charge in [-0.15, -0.1) is 0 Å². The van der Waals surface area contributed by atoms with Gasteiger partial charge in [0, 0.05) is 11.0 Å². The molecule has 0 heterocycles. The van der Waals surface area contributed by atoms with Crippen LogP contribution in [0.2, 0.25) is 0 Å². The van der Waals surface area contributed by atoms with Crippen molar-refractivity contribution in [2.24, 2.45) is 28.6 Å². The summed E-state index contributed by atoms with van der Waals surface area (Å²) in [4.78, 5) is 12.2. The summed E-state index contributed by atoms with van der Waals surface area (Å²) in [5, 5.41) is 10.1. The van der Waals surface area contributed by atoms with Crippen LogP contribution in [0.4, 0.5) is 0 Å². The number of methoxy groups -OCH3 is 1. The lowest BCUT2D eigenvalue weighted by molar-refractivity contribution is -0.138. The van der Waals surface area contributed by atoms with E-state index in [1.54, 1.807) is 0 Å². The zero-order valence-corrected chi connectivity index (χ0v) is 15.2. The Morgan fingerprint density at radius 3 is 2.62 bits per heavy atom. The number of ether oxygens (including phenoxy) is 1. The van der Waals surface area contributed by atoms with Gasteiger partial charge in [-0.25, -0.2) is 4.79 Å². The van der Waals surface area contributed by atoms with Crippen molar-refractivity contribution in [3.63, 3.8) is 0 Å². The van der Waals surface area contributed by atoms with Crippen LogP contribution in [0.1, 0.15) is 58.8 Å². The predicted molar refractivity (Wildman–Crippen MR) is 93.2 cm³/mol. The molecule has 6 atom stereocenters. The Kier molecular flexibility index (Phi) is 3.72. The van der Waals surface area contributed by atoms with E-state index in [2.05, 4.69) is 26.0 Å². The van der Waals surface area contributed by atoms with E-state index < -0.39 is 0 Å². The second-order valence-electron chi connectivity index (χ2n) is 8.96. The number of hydrogen-bond donors (Lipinski definition) is 1. The van der Waals surface area contributed by atoms with Gasteiger partial charge in [-0.1, -0.05) is 31.6 Å². The summed E-state index contributed by atoms with van der Waals surface area (Å²) < 4.78 is 5.05. The quantitative estimate of drug-likeness (QED) is 0.583. The summed E-state index contributed by atoms with van der Waals surface area (Å²) in [5.74, 6) is 1.80. The maximum absolute atomic E-state index is 12.2. The molecule has 2 saturated carbocycles. The molecule has 3 nitrogen and oxygen atoms in total. The zero-order chi connectivity index (χ0) is 17.1. The molecule has 0 aromatic heterocycles. The van der Waals surface area contributed by atoms with Crippen molar-refractivity contribution >= 4 is 5.97 Å². The molecule has 0 amide bonds. The summed E-state index contributed by atoms with van der Waals surface area (Å²) >= 11 is 0. The SMILES string of the molecule is COC(=O)C1=CC[C@H]2[C@@H]3CC=C4C[C@@H](O)CC[C@]4(C)[C@H]3CC[C@@]12C. The van der Waals surface area contributed by atoms with Crippen LogP contribution in [0.3, 0.4) is 0 Å². The van der Waals surface area contributed by atoms with E-state index in [9.17, 15) is 9.90 Å². The lowest BCUT2D eigenvalue weighted by Gasteiger charge is -2.57. The number of carbonyl (C=O) groups is 1. The van der Waals surface area contributed by atoms with Gasteiger partial charge in [0.25, 0.3) is 0 Å². The minimum absolute atomic E-state index is 0.00978. The molecular formula is C21H30O3. The third-order valence-electron chi connectivity index (χ3n) is 8.06. The highest BCUT2D eigenvalue weighted by Gasteiger charge is 2.57. The molecule has 24 heavy (non-hydrogen) atoms. The first kappa shape index (κ1) is 16.4. The van der Waals surface area contributed by atoms with Crippen molar-refractivity contribution in [1.29, 1.82) is 0 Å². The number of aliphatic hydroxyl groups is 1. The highest BCUT2D eigenvalue weighted by Crippen LogP contribution is 2.64. The predicted octanol–water partition coefficient (Wildman–Crippen LogP) is 4.02. The molecule has 0 aromatic carbocycles. The number of aliphatic hydroxyl groups excluding tert-OH is 1. The minimum atomic E-state index is -0.145. The number of esters is 1. The molecule has 0 radical (unpaired) electrons. The Hall–Kier alpha value is -1.09. The maximum atomic E-state index is 12.2. The van der Waals surface area contributed by atoms with Gasteiger partial charge in [-0.2, -0.15) is 0 Å². The van der Waals surface area contributed by atoms with Gasteiger partial charge in [0.2, 0.25) is 0 Å². The van der Waals surface area contributed by atoms with Crippen LogP contribution < -0.4 is 0 Å². The molecule has 0 bridgehead atoms. The summed E-state index contributed by atoms with van der Waals surface area (Å²) in [6, 6.07) is 0. The fourth-order valence-corrected chi connectivity index (χ4v) is 6.64. The lowest BCUT2D eigenvalue weighted by Crippen LogP contribution is -2.50. The number of rotatable bonds is 1. The Bertz CT molecular complexity index is 619. The van der Waals surface area contributed by atoms with Crippen LogP contribution in [-0.2, 0) is 9.53 Å². The van der Waals surface area contributed by atoms with Crippen LogP contribution in [-0.4, -0.2) is 24.3 Å². The van der Waals surface area contributed by atoms with Crippen molar-refractivity contribution in [1.82, 2.24) is 0 Å². The second kappa shape index (κ2) is 5.45. The molecule has 0 unspecified atom stereocenters. The van der Waals surface area contributed by atoms with E-state index in [4.69, 9.17) is 4.74 Å². The van der Waals surface area contributed by atoms with E-state index in [0.29, 0.717) is 17.8 Å². The highest BCUT2D eigenvalue weighted by atomic mass is 16.5. The fourth-order valence-electron chi connectivity index (χ4n) is 6.64. The van der Waals surface area contributed by atoms with E-state index in [1.165, 1.54) is 19.1 Å². The Balaban J connectivity index is 1.65. The summed E-state index contributed by atoms with van der Waals surface area (Å²) in [6.07, 6.45) is 11.8. The van der Waals surface area contributed by atoms with Gasteiger partial charge in [0.05, 0.1) is 13.2 Å². The topological polar surface area (TPSA) is 46.5 Å². The Morgan fingerprint density at radius 2 is 1.88 bits per heavy atom. The Morgan fingerprint density at radius 1 is 1.12 bits per heavy atom. The van der Waals surface area contributed by atoms with Gasteiger partial charge in [0.1, 0.15) is 0 Å². The summed E-state index contributed by atoms with van der Waals surface area (Å²) in [7, 11) is 1.50. The number of allylic oxidation sites excluding steroid dienone is 2. The minimum Gasteiger partial charge on any atom is -0.466 e. The molecule has 0 aromatic rings. The van der Waals surface area contributed by atoms with Crippen LogP contribution >= 0.6 is 0 Å². The first-order chi connectivity index (χ1) is 11.4. The number of carbonyl (C=O) groups excluding carboxylic acids is 1. The van der Waals surface area contributed by atoms with Crippen LogP contribution in [0, 0.1) is 28.6 Å². The molecule has 3 heteroatoms. The molecule has 4 aliphatic carbocycles. The van der Waals surface area contributed by atoms with Crippen LogP contribution in [0.5, 0.6) is 0 Å². The molecule has 0 aliphatic heterocycles. The molecule has 0 saturated heterocycles. The monoisotopic (exact) mass is 330 g/mol. The van der Waals surface area contributed by atoms with Gasteiger partial charge in [-0.3, -0.25) is 0 Å². The fraction of sp³-hybridized carbons (Fsp3) is 0.762. The molecule has 4 aliphatic rings. The molecule has 4 rings (SSSR count). The van der Waals surface area contributed by atoms with Crippen molar-refractivity contribution in [2.75, 3.05) is 7.11 Å². The Labute approximate surface area is 145 Å². The molecule has 1 N–H and O–H groups in total.